The molecule has 6 rings (SSSR count). The van der Waals surface area contributed by atoms with Gasteiger partial charge in [-0.05, 0) is 61.8 Å². The molecule has 1 aromatic carbocycles. The van der Waals surface area contributed by atoms with Gasteiger partial charge in [0.05, 0.1) is 11.7 Å². The van der Waals surface area contributed by atoms with Gasteiger partial charge in [-0.15, -0.1) is 0 Å². The summed E-state index contributed by atoms with van der Waals surface area (Å²) in [4.78, 5) is 55.7. The summed E-state index contributed by atoms with van der Waals surface area (Å²) in [5.74, 6) is -3.97. The largest absolute Gasteiger partial charge is 0.482 e. The van der Waals surface area contributed by atoms with E-state index >= 15 is 0 Å². The highest BCUT2D eigenvalue weighted by Gasteiger charge is 2.71. The number of hydrogen-bond donors (Lipinski definition) is 1. The summed E-state index contributed by atoms with van der Waals surface area (Å²) >= 11 is 0. The third-order valence-corrected chi connectivity index (χ3v) is 10.8. The van der Waals surface area contributed by atoms with Crippen molar-refractivity contribution >= 4 is 17.9 Å². The number of rotatable bonds is 6. The molecule has 2 aromatic heterocycles. The SMILES string of the molecule is CC(=O)OC[C@@]1(C)C2C[C@H](OC(=O)c3ccccc3F)[C@@]3(C)Oc4cc(-c5cccnc5)oc(=O)c4[C@H](O)C3[C@@]2(C)CC[C@@H]1OC(C)=O. The number of carbonyl (C=O) groups excluding carboxylic acids is 3. The van der Waals surface area contributed by atoms with Crippen molar-refractivity contribution in [3.63, 3.8) is 0 Å². The molecule has 1 N–H and O–H groups in total. The second-order valence-corrected chi connectivity index (χ2v) is 13.7. The highest BCUT2D eigenvalue weighted by Crippen LogP contribution is 2.67. The maximum atomic E-state index is 14.8. The van der Waals surface area contributed by atoms with Crippen LogP contribution in [0.1, 0.15) is 75.9 Å². The molecule has 0 saturated heterocycles. The topological polar surface area (TPSA) is 151 Å². The van der Waals surface area contributed by atoms with Crippen LogP contribution >= 0.6 is 0 Å². The maximum Gasteiger partial charge on any atom is 0.345 e. The first-order valence-electron chi connectivity index (χ1n) is 15.9. The molecular formula is C36H38FNO10. The molecule has 3 aliphatic rings. The molecule has 11 nitrogen and oxygen atoms in total. The average molecular weight is 664 g/mol. The van der Waals surface area contributed by atoms with Crippen LogP contribution in [-0.4, -0.2) is 52.4 Å². The van der Waals surface area contributed by atoms with Crippen LogP contribution in [0.25, 0.3) is 11.3 Å². The molecular weight excluding hydrogens is 625 g/mol. The van der Waals surface area contributed by atoms with Gasteiger partial charge in [0, 0.05) is 49.2 Å². The van der Waals surface area contributed by atoms with Gasteiger partial charge >= 0.3 is 23.5 Å². The lowest BCUT2D eigenvalue weighted by Crippen LogP contribution is -2.71. The van der Waals surface area contributed by atoms with E-state index < -0.39 is 75.9 Å². The first kappa shape index (κ1) is 33.3. The summed E-state index contributed by atoms with van der Waals surface area (Å²) < 4.78 is 44.7. The second kappa shape index (κ2) is 12.1. The number of esters is 3. The molecule has 0 radical (unpaired) electrons. The molecule has 3 aromatic rings. The normalized spacial score (nSPS) is 32.0. The molecule has 1 aliphatic heterocycles. The van der Waals surface area contributed by atoms with Gasteiger partial charge in [-0.3, -0.25) is 14.6 Å². The quantitative estimate of drug-likeness (QED) is 0.274. The van der Waals surface area contributed by atoms with Gasteiger partial charge in [-0.1, -0.05) is 26.0 Å². The van der Waals surface area contributed by atoms with Crippen LogP contribution in [0.3, 0.4) is 0 Å². The number of aliphatic hydroxyl groups is 1. The van der Waals surface area contributed by atoms with Crippen molar-refractivity contribution in [2.75, 3.05) is 6.61 Å². The first-order chi connectivity index (χ1) is 22.7. The van der Waals surface area contributed by atoms with Crippen LogP contribution < -0.4 is 10.4 Å². The van der Waals surface area contributed by atoms with E-state index in [1.165, 1.54) is 44.3 Å². The van der Waals surface area contributed by atoms with Gasteiger partial charge in [0.1, 0.15) is 47.3 Å². The van der Waals surface area contributed by atoms with E-state index in [-0.39, 0.29) is 35.7 Å². The first-order valence-corrected chi connectivity index (χ1v) is 15.9. The Bertz CT molecular complexity index is 1810. The van der Waals surface area contributed by atoms with E-state index in [0.29, 0.717) is 18.4 Å². The van der Waals surface area contributed by atoms with Gasteiger partial charge in [0.2, 0.25) is 0 Å². The van der Waals surface area contributed by atoms with Crippen LogP contribution in [0, 0.1) is 28.5 Å². The minimum Gasteiger partial charge on any atom is -0.482 e. The third-order valence-electron chi connectivity index (χ3n) is 10.8. The lowest BCUT2D eigenvalue weighted by atomic mass is 9.42. The molecule has 2 fully saturated rings. The maximum absolute atomic E-state index is 14.8. The van der Waals surface area contributed by atoms with E-state index in [1.54, 1.807) is 25.3 Å². The van der Waals surface area contributed by atoms with Crippen molar-refractivity contribution < 1.29 is 47.2 Å². The summed E-state index contributed by atoms with van der Waals surface area (Å²) in [6, 6.07) is 10.3. The molecule has 254 valence electrons. The minimum atomic E-state index is -1.45. The van der Waals surface area contributed by atoms with E-state index in [0.717, 1.165) is 6.07 Å². The number of aromatic nitrogens is 1. The van der Waals surface area contributed by atoms with Crippen LogP contribution in [-0.2, 0) is 23.8 Å². The summed E-state index contributed by atoms with van der Waals surface area (Å²) in [7, 11) is 0. The Morgan fingerprint density at radius 1 is 1.04 bits per heavy atom. The highest BCUT2D eigenvalue weighted by molar-refractivity contribution is 5.89. The minimum absolute atomic E-state index is 0.0571. The number of nitrogens with zero attached hydrogens (tertiary/aromatic N) is 1. The van der Waals surface area contributed by atoms with E-state index in [4.69, 9.17) is 23.4 Å². The zero-order valence-electron chi connectivity index (χ0n) is 27.4. The Labute approximate surface area is 276 Å². The van der Waals surface area contributed by atoms with Crippen LogP contribution in [0.5, 0.6) is 5.75 Å². The van der Waals surface area contributed by atoms with E-state index in [1.807, 2.05) is 13.8 Å². The Balaban J connectivity index is 1.51. The number of hydrogen-bond acceptors (Lipinski definition) is 11. The standard InChI is InChI=1S/C36H38FNO10/c1-19(39)44-18-35(4)26-16-28(47-32(42)22-10-6-7-11-23(22)37)36(5)31(34(26,3)13-12-27(35)45-20(2)40)30(41)29-25(48-36)15-24(46-33(29)43)21-9-8-14-38-17-21/h6-11,14-15,17,26-28,30-31,41H,12-13,16,18H2,1-5H3/t26?,27-,28-,30-,31?,34-,35-,36+/m0/s1. The zero-order chi connectivity index (χ0) is 34.6. The number of fused-ring (bicyclic) bond motifs is 4. The average Bonchev–Trinajstić information content (AvgIpc) is 3.02. The monoisotopic (exact) mass is 663 g/mol. The predicted molar refractivity (Wildman–Crippen MR) is 167 cm³/mol. The molecule has 0 spiro atoms. The molecule has 0 amide bonds. The lowest BCUT2D eigenvalue weighted by molar-refractivity contribution is -0.266. The summed E-state index contributed by atoms with van der Waals surface area (Å²) in [6.07, 6.45) is 0.703. The summed E-state index contributed by atoms with van der Waals surface area (Å²) in [5, 5.41) is 12.3. The second-order valence-electron chi connectivity index (χ2n) is 13.7. The Morgan fingerprint density at radius 3 is 2.46 bits per heavy atom. The molecule has 2 saturated carbocycles. The molecule has 0 bridgehead atoms. The van der Waals surface area contributed by atoms with Gasteiger partial charge in [-0.25, -0.2) is 14.0 Å². The smallest absolute Gasteiger partial charge is 0.345 e. The molecule has 3 heterocycles. The fourth-order valence-electron chi connectivity index (χ4n) is 8.66. The van der Waals surface area contributed by atoms with Crippen molar-refractivity contribution in [1.82, 2.24) is 4.98 Å². The lowest BCUT2D eigenvalue weighted by Gasteiger charge is -2.66. The van der Waals surface area contributed by atoms with Crippen LogP contribution in [0.4, 0.5) is 4.39 Å². The van der Waals surface area contributed by atoms with Gasteiger partial charge in [-0.2, -0.15) is 0 Å². The molecule has 12 heteroatoms. The Kier molecular flexibility index (Phi) is 8.43. The van der Waals surface area contributed by atoms with Crippen molar-refractivity contribution in [2.45, 2.75) is 77.8 Å². The predicted octanol–water partition coefficient (Wildman–Crippen LogP) is 5.19. The van der Waals surface area contributed by atoms with Crippen LogP contribution in [0.2, 0.25) is 0 Å². The number of aliphatic hydroxyl groups excluding tert-OH is 1. The Hall–Kier alpha value is -4.58. The number of pyridine rings is 1. The van der Waals surface area contributed by atoms with Crippen molar-refractivity contribution in [3.8, 4) is 17.1 Å². The summed E-state index contributed by atoms with van der Waals surface area (Å²) in [6.45, 7) is 7.94. The van der Waals surface area contributed by atoms with Gasteiger partial charge < -0.3 is 28.5 Å². The third kappa shape index (κ3) is 5.45. The molecule has 2 unspecified atom stereocenters. The Morgan fingerprint density at radius 2 is 1.79 bits per heavy atom. The van der Waals surface area contributed by atoms with Gasteiger partial charge in [0.15, 0.2) is 0 Å². The van der Waals surface area contributed by atoms with E-state index in [9.17, 15) is 28.7 Å². The summed E-state index contributed by atoms with van der Waals surface area (Å²) in [5.41, 5.74) is -4.00. The number of benzene rings is 1. The van der Waals surface area contributed by atoms with E-state index in [2.05, 4.69) is 4.98 Å². The van der Waals surface area contributed by atoms with Crippen molar-refractivity contribution in [3.05, 3.63) is 82.2 Å². The fourth-order valence-corrected chi connectivity index (χ4v) is 8.66. The van der Waals surface area contributed by atoms with Gasteiger partial charge in [0.25, 0.3) is 0 Å². The molecule has 48 heavy (non-hydrogen) atoms. The number of halogens is 1. The fraction of sp³-hybridized carbons (Fsp3) is 0.472. The highest BCUT2D eigenvalue weighted by atomic mass is 19.1. The van der Waals surface area contributed by atoms with Crippen LogP contribution in [0.15, 0.2) is 64.1 Å². The van der Waals surface area contributed by atoms with Crippen molar-refractivity contribution in [1.29, 1.82) is 0 Å². The number of ether oxygens (including phenoxy) is 4. The molecule has 8 atom stereocenters. The number of carbonyl (C=O) groups is 3. The zero-order valence-corrected chi connectivity index (χ0v) is 27.4. The van der Waals surface area contributed by atoms with Crippen molar-refractivity contribution in [2.24, 2.45) is 22.7 Å². The molecule has 2 aliphatic carbocycles.